The van der Waals surface area contributed by atoms with E-state index in [0.29, 0.717) is 34.1 Å². The molecule has 6 aromatic carbocycles. The molecule has 2 heterocycles. The van der Waals surface area contributed by atoms with Crippen LogP contribution in [0.4, 0.5) is 51.2 Å². The Hall–Kier alpha value is -8.59. The average Bonchev–Trinajstić information content (AvgIpc) is 4.07. The van der Waals surface area contributed by atoms with E-state index in [1.54, 1.807) is 4.68 Å². The number of hydrogen-bond acceptors (Lipinski definition) is 12. The Kier molecular flexibility index (Phi) is 10.6. The molecular formula is C46H39N15. The molecule has 0 radical (unpaired) electrons. The van der Waals surface area contributed by atoms with Crippen molar-refractivity contribution in [1.82, 2.24) is 40.4 Å². The predicted octanol–water partition coefficient (Wildman–Crippen LogP) is 10.2. The fourth-order valence-electron chi connectivity index (χ4n) is 7.84. The summed E-state index contributed by atoms with van der Waals surface area (Å²) in [5.74, 6) is -0.00598. The van der Waals surface area contributed by atoms with Crippen LogP contribution < -0.4 is 19.7 Å². The van der Waals surface area contributed by atoms with Gasteiger partial charge < -0.3 is 14.7 Å². The summed E-state index contributed by atoms with van der Waals surface area (Å²) in [6.07, 6.45) is 12.5. The summed E-state index contributed by atoms with van der Waals surface area (Å²) in [5.41, 5.74) is 15.7. The van der Waals surface area contributed by atoms with E-state index in [0.717, 1.165) is 34.8 Å². The fraction of sp³-hybridized carbons (Fsp3) is 0.0652. The van der Waals surface area contributed by atoms with E-state index in [1.807, 2.05) is 115 Å². The van der Waals surface area contributed by atoms with Gasteiger partial charge in [-0.3, -0.25) is 5.41 Å². The lowest BCUT2D eigenvalue weighted by molar-refractivity contribution is 0.609. The highest BCUT2D eigenvalue weighted by Gasteiger charge is 2.41. The molecule has 0 spiro atoms. The van der Waals surface area contributed by atoms with E-state index in [2.05, 4.69) is 119 Å². The SMILES string of the molecule is CC1C=CC=CC1N(c1ccccc1)c1c(N(c2ccccc2)c2ccccc2)c(N(C=N)N=N)c(-n2cnnn2)c(-n2cnnn2)c1N(c1ccccc1)c1ccccc1. The number of tetrazole rings is 2. The summed E-state index contributed by atoms with van der Waals surface area (Å²) in [6, 6.07) is 50.1. The normalized spacial score (nSPS) is 14.3. The molecule has 2 N–H and O–H groups in total. The third-order valence-corrected chi connectivity index (χ3v) is 10.4. The monoisotopic (exact) mass is 801 g/mol. The van der Waals surface area contributed by atoms with Gasteiger partial charge in [-0.15, -0.1) is 10.2 Å². The zero-order valence-corrected chi connectivity index (χ0v) is 32.9. The van der Waals surface area contributed by atoms with E-state index in [-0.39, 0.29) is 12.0 Å². The summed E-state index contributed by atoms with van der Waals surface area (Å²) in [5, 5.41) is 39.7. The molecular weight excluding hydrogens is 763 g/mol. The Morgan fingerprint density at radius 1 is 0.525 bits per heavy atom. The minimum absolute atomic E-state index is 0.00598. The van der Waals surface area contributed by atoms with Gasteiger partial charge in [-0.2, -0.15) is 14.9 Å². The maximum atomic E-state index is 8.90. The fourth-order valence-corrected chi connectivity index (χ4v) is 7.84. The van der Waals surface area contributed by atoms with Gasteiger partial charge in [0, 0.05) is 28.4 Å². The second kappa shape index (κ2) is 17.1. The number of benzene rings is 6. The van der Waals surface area contributed by atoms with E-state index >= 15 is 0 Å². The molecule has 2 aromatic heterocycles. The molecule has 2 atom stereocenters. The van der Waals surface area contributed by atoms with Crippen LogP contribution in [0.25, 0.3) is 11.4 Å². The molecule has 61 heavy (non-hydrogen) atoms. The third kappa shape index (κ3) is 7.16. The number of nitrogens with one attached hydrogen (secondary N) is 2. The molecule has 1 aliphatic carbocycles. The maximum absolute atomic E-state index is 8.90. The van der Waals surface area contributed by atoms with Crippen molar-refractivity contribution in [1.29, 1.82) is 10.9 Å². The number of para-hydroxylation sites is 5. The molecule has 0 aliphatic heterocycles. The first-order chi connectivity index (χ1) is 30.2. The Labute approximate surface area is 351 Å². The Morgan fingerprint density at radius 2 is 0.934 bits per heavy atom. The summed E-state index contributed by atoms with van der Waals surface area (Å²) in [7, 11) is 0. The lowest BCUT2D eigenvalue weighted by Crippen LogP contribution is -2.38. The van der Waals surface area contributed by atoms with Crippen LogP contribution in [-0.2, 0) is 0 Å². The van der Waals surface area contributed by atoms with Crippen molar-refractivity contribution in [2.24, 2.45) is 11.1 Å². The quantitative estimate of drug-likeness (QED) is 0.0469. The highest BCUT2D eigenvalue weighted by molar-refractivity contribution is 6.12. The minimum atomic E-state index is -0.276. The first-order valence-electron chi connectivity index (χ1n) is 19.6. The first kappa shape index (κ1) is 38.0. The minimum Gasteiger partial charge on any atom is -0.330 e. The molecule has 15 heteroatoms. The Morgan fingerprint density at radius 3 is 1.33 bits per heavy atom. The second-order valence-electron chi connectivity index (χ2n) is 14.0. The molecule has 0 bridgehead atoms. The van der Waals surface area contributed by atoms with Crippen LogP contribution in [0.5, 0.6) is 0 Å². The molecule has 298 valence electrons. The lowest BCUT2D eigenvalue weighted by atomic mass is 9.92. The maximum Gasteiger partial charge on any atom is 0.144 e. The number of aromatic nitrogens is 8. The van der Waals surface area contributed by atoms with Crippen molar-refractivity contribution in [3.63, 3.8) is 0 Å². The smallest absolute Gasteiger partial charge is 0.144 e. The number of hydrogen-bond donors (Lipinski definition) is 2. The molecule has 8 aromatic rings. The zero-order chi connectivity index (χ0) is 41.5. The summed E-state index contributed by atoms with van der Waals surface area (Å²) < 4.78 is 3.08. The molecule has 1 aliphatic rings. The Bertz CT molecular complexity index is 2680. The highest BCUT2D eigenvalue weighted by Crippen LogP contribution is 2.60. The molecule has 0 amide bonds. The highest BCUT2D eigenvalue weighted by atomic mass is 15.6. The van der Waals surface area contributed by atoms with Gasteiger partial charge in [0.15, 0.2) is 0 Å². The van der Waals surface area contributed by atoms with Gasteiger partial charge in [0.05, 0.1) is 11.7 Å². The number of allylic oxidation sites excluding steroid dienone is 2. The van der Waals surface area contributed by atoms with Gasteiger partial charge in [-0.05, 0) is 87.4 Å². The van der Waals surface area contributed by atoms with Crippen molar-refractivity contribution < 1.29 is 0 Å². The van der Waals surface area contributed by atoms with Crippen LogP contribution in [0.3, 0.4) is 0 Å². The van der Waals surface area contributed by atoms with Gasteiger partial charge in [0.1, 0.15) is 47.4 Å². The predicted molar refractivity (Wildman–Crippen MR) is 237 cm³/mol. The molecule has 0 saturated carbocycles. The largest absolute Gasteiger partial charge is 0.330 e. The number of anilines is 9. The van der Waals surface area contributed by atoms with Crippen molar-refractivity contribution in [3.05, 3.63) is 189 Å². The average molecular weight is 802 g/mol. The molecule has 15 nitrogen and oxygen atoms in total. The van der Waals surface area contributed by atoms with Gasteiger partial charge >= 0.3 is 0 Å². The van der Waals surface area contributed by atoms with Gasteiger partial charge in [0.25, 0.3) is 0 Å². The van der Waals surface area contributed by atoms with Crippen LogP contribution >= 0.6 is 0 Å². The lowest BCUT2D eigenvalue weighted by Gasteiger charge is -2.44. The molecule has 2 unspecified atom stereocenters. The van der Waals surface area contributed by atoms with Crippen molar-refractivity contribution in [3.8, 4) is 11.4 Å². The van der Waals surface area contributed by atoms with E-state index in [9.17, 15) is 0 Å². The number of nitrogens with zero attached hydrogens (tertiary/aromatic N) is 13. The third-order valence-electron chi connectivity index (χ3n) is 10.4. The first-order valence-corrected chi connectivity index (χ1v) is 19.6. The molecule has 0 fully saturated rings. The molecule has 9 rings (SSSR count). The Balaban J connectivity index is 1.62. The van der Waals surface area contributed by atoms with E-state index in [1.165, 1.54) is 22.3 Å². The van der Waals surface area contributed by atoms with Crippen LogP contribution in [-0.4, -0.2) is 52.8 Å². The molecule has 0 saturated heterocycles. The van der Waals surface area contributed by atoms with Crippen LogP contribution in [0.1, 0.15) is 6.92 Å². The van der Waals surface area contributed by atoms with Gasteiger partial charge in [0.2, 0.25) is 0 Å². The van der Waals surface area contributed by atoms with Crippen molar-refractivity contribution in [2.75, 3.05) is 19.7 Å². The summed E-state index contributed by atoms with van der Waals surface area (Å²) in [4.78, 5) is 6.63. The van der Waals surface area contributed by atoms with Gasteiger partial charge in [-0.25, -0.2) is 5.01 Å². The zero-order valence-electron chi connectivity index (χ0n) is 32.9. The van der Waals surface area contributed by atoms with Gasteiger partial charge in [-0.1, -0.05) is 127 Å². The topological polar surface area (TPSA) is 160 Å². The number of rotatable bonds is 14. The second-order valence-corrected chi connectivity index (χ2v) is 14.0. The standard InChI is InChI=1S/C46H39N15/c1-34-19-17-18-30-40(34)61(39-28-15-6-16-29-39)46-44(59(35-20-7-2-8-21-35)36-22-9-3-10-23-36)42(56(31-47)51-48)41(57-32-49-52-54-57)43(58-33-50-53-55-58)45(46)60(37-24-11-4-12-25-37)38-26-13-5-14-27-38/h2-34,40,47-48H,1H3. The van der Waals surface area contributed by atoms with E-state index in [4.69, 9.17) is 10.9 Å². The summed E-state index contributed by atoms with van der Waals surface area (Å²) in [6.45, 7) is 2.19. The van der Waals surface area contributed by atoms with E-state index < -0.39 is 0 Å². The van der Waals surface area contributed by atoms with Crippen molar-refractivity contribution in [2.45, 2.75) is 13.0 Å². The van der Waals surface area contributed by atoms with Crippen LogP contribution in [0.2, 0.25) is 0 Å². The van der Waals surface area contributed by atoms with Crippen molar-refractivity contribution >= 4 is 57.5 Å². The summed E-state index contributed by atoms with van der Waals surface area (Å²) >= 11 is 0. The van der Waals surface area contributed by atoms with Crippen LogP contribution in [0, 0.1) is 16.9 Å². The van der Waals surface area contributed by atoms with Crippen LogP contribution in [0.15, 0.2) is 194 Å².